The highest BCUT2D eigenvalue weighted by Crippen LogP contribution is 2.26. The van der Waals surface area contributed by atoms with E-state index in [-0.39, 0.29) is 5.97 Å². The zero-order chi connectivity index (χ0) is 19.1. The van der Waals surface area contributed by atoms with Crippen molar-refractivity contribution in [2.75, 3.05) is 7.11 Å². The van der Waals surface area contributed by atoms with Crippen molar-refractivity contribution in [2.24, 2.45) is 0 Å². The van der Waals surface area contributed by atoms with Crippen molar-refractivity contribution in [3.05, 3.63) is 105 Å². The first-order chi connectivity index (χ1) is 13.2. The fourth-order valence-electron chi connectivity index (χ4n) is 2.75. The minimum Gasteiger partial charge on any atom is -0.465 e. The van der Waals surface area contributed by atoms with Crippen LogP contribution in [0.15, 0.2) is 77.3 Å². The van der Waals surface area contributed by atoms with E-state index in [1.807, 2.05) is 97.1 Å². The molecule has 0 saturated heterocycles. The third-order valence-electron chi connectivity index (χ3n) is 4.06. The number of rotatable bonds is 5. The lowest BCUT2D eigenvalue weighted by molar-refractivity contribution is 0.0600. The van der Waals surface area contributed by atoms with Crippen LogP contribution in [0.1, 0.15) is 32.6 Å². The number of carbonyl (C=O) groups is 1. The van der Waals surface area contributed by atoms with Gasteiger partial charge in [0, 0.05) is 4.47 Å². The Kier molecular flexibility index (Phi) is 6.39. The Balaban J connectivity index is 2.05. The topological polar surface area (TPSA) is 26.3 Å². The van der Waals surface area contributed by atoms with E-state index in [2.05, 4.69) is 15.9 Å². The number of benzene rings is 3. The Morgan fingerprint density at radius 2 is 1.22 bits per heavy atom. The van der Waals surface area contributed by atoms with Crippen LogP contribution in [0.4, 0.5) is 0 Å². The monoisotopic (exact) mass is 418 g/mol. The van der Waals surface area contributed by atoms with Gasteiger partial charge >= 0.3 is 5.97 Å². The van der Waals surface area contributed by atoms with Crippen molar-refractivity contribution >= 4 is 46.2 Å². The second kappa shape index (κ2) is 9.15. The SMILES string of the molecule is COC(=O)c1c(/C=C/c2ccccc2)cc(Br)cc1/C=C/c1ccccc1. The normalized spacial score (nSPS) is 11.2. The van der Waals surface area contributed by atoms with Crippen LogP contribution in [-0.2, 0) is 4.74 Å². The van der Waals surface area contributed by atoms with E-state index >= 15 is 0 Å². The molecule has 0 atom stereocenters. The third kappa shape index (κ3) is 5.05. The Morgan fingerprint density at radius 1 is 0.778 bits per heavy atom. The molecule has 3 aromatic rings. The van der Waals surface area contributed by atoms with Gasteiger partial charge in [-0.15, -0.1) is 0 Å². The van der Waals surface area contributed by atoms with Crippen molar-refractivity contribution in [2.45, 2.75) is 0 Å². The van der Waals surface area contributed by atoms with Gasteiger partial charge in [-0.2, -0.15) is 0 Å². The van der Waals surface area contributed by atoms with Crippen molar-refractivity contribution in [1.29, 1.82) is 0 Å². The summed E-state index contributed by atoms with van der Waals surface area (Å²) in [6, 6.07) is 23.8. The highest BCUT2D eigenvalue weighted by molar-refractivity contribution is 9.10. The standard InChI is InChI=1S/C24H19BrO2/c1-27-24(26)23-20(14-12-18-8-4-2-5-9-18)16-22(25)17-21(23)15-13-19-10-6-3-7-11-19/h2-17H,1H3/b14-12+,15-13+. The molecule has 0 aliphatic rings. The van der Waals surface area contributed by atoms with Gasteiger partial charge in [-0.3, -0.25) is 0 Å². The number of hydrogen-bond donors (Lipinski definition) is 0. The van der Waals surface area contributed by atoms with Crippen molar-refractivity contribution in [3.63, 3.8) is 0 Å². The van der Waals surface area contributed by atoms with E-state index in [0.717, 1.165) is 26.7 Å². The molecule has 0 aliphatic carbocycles. The van der Waals surface area contributed by atoms with Gasteiger partial charge in [0.15, 0.2) is 0 Å². The van der Waals surface area contributed by atoms with Crippen molar-refractivity contribution in [3.8, 4) is 0 Å². The van der Waals surface area contributed by atoms with Gasteiger partial charge in [0.05, 0.1) is 12.7 Å². The lowest BCUT2D eigenvalue weighted by atomic mass is 9.99. The van der Waals surface area contributed by atoms with Gasteiger partial charge in [0.2, 0.25) is 0 Å². The predicted octanol–water partition coefficient (Wildman–Crippen LogP) is 6.58. The summed E-state index contributed by atoms with van der Waals surface area (Å²) in [5, 5.41) is 0. The van der Waals surface area contributed by atoms with Crippen LogP contribution in [0.25, 0.3) is 24.3 Å². The summed E-state index contributed by atoms with van der Waals surface area (Å²) in [6.07, 6.45) is 7.84. The van der Waals surface area contributed by atoms with Crippen LogP contribution in [0.5, 0.6) is 0 Å². The molecule has 0 saturated carbocycles. The molecule has 0 amide bonds. The molecule has 0 bridgehead atoms. The van der Waals surface area contributed by atoms with Gasteiger partial charge < -0.3 is 4.74 Å². The molecule has 3 aromatic carbocycles. The molecular weight excluding hydrogens is 400 g/mol. The fourth-order valence-corrected chi connectivity index (χ4v) is 3.24. The van der Waals surface area contributed by atoms with E-state index in [1.54, 1.807) is 0 Å². The number of ether oxygens (including phenoxy) is 1. The Labute approximate surface area is 167 Å². The van der Waals surface area contributed by atoms with E-state index in [9.17, 15) is 4.79 Å². The first kappa shape index (κ1) is 18.9. The number of halogens is 1. The van der Waals surface area contributed by atoms with Crippen LogP contribution in [-0.4, -0.2) is 13.1 Å². The van der Waals surface area contributed by atoms with E-state index < -0.39 is 0 Å². The second-order valence-corrected chi connectivity index (χ2v) is 6.85. The molecule has 0 spiro atoms. The van der Waals surface area contributed by atoms with Crippen LogP contribution < -0.4 is 0 Å². The smallest absolute Gasteiger partial charge is 0.339 e. The molecule has 0 heterocycles. The number of carbonyl (C=O) groups excluding carboxylic acids is 1. The molecule has 0 fully saturated rings. The van der Waals surface area contributed by atoms with Gasteiger partial charge in [0.1, 0.15) is 0 Å². The first-order valence-electron chi connectivity index (χ1n) is 8.55. The summed E-state index contributed by atoms with van der Waals surface area (Å²) in [7, 11) is 1.40. The third-order valence-corrected chi connectivity index (χ3v) is 4.52. The van der Waals surface area contributed by atoms with E-state index in [4.69, 9.17) is 4.74 Å². The van der Waals surface area contributed by atoms with Gasteiger partial charge in [-0.25, -0.2) is 4.79 Å². The first-order valence-corrected chi connectivity index (χ1v) is 9.35. The highest BCUT2D eigenvalue weighted by atomic mass is 79.9. The molecule has 0 radical (unpaired) electrons. The molecule has 3 heteroatoms. The van der Waals surface area contributed by atoms with Gasteiger partial charge in [0.25, 0.3) is 0 Å². The van der Waals surface area contributed by atoms with Crippen LogP contribution in [0, 0.1) is 0 Å². The summed E-state index contributed by atoms with van der Waals surface area (Å²) < 4.78 is 5.94. The average Bonchev–Trinajstić information content (AvgIpc) is 2.71. The summed E-state index contributed by atoms with van der Waals surface area (Å²) in [4.78, 5) is 12.5. The maximum atomic E-state index is 12.5. The summed E-state index contributed by atoms with van der Waals surface area (Å²) >= 11 is 3.55. The van der Waals surface area contributed by atoms with E-state index in [1.165, 1.54) is 7.11 Å². The minimum atomic E-state index is -0.358. The predicted molar refractivity (Wildman–Crippen MR) is 116 cm³/mol. The zero-order valence-corrected chi connectivity index (χ0v) is 16.5. The minimum absolute atomic E-state index is 0.358. The Bertz CT molecular complexity index is 903. The van der Waals surface area contributed by atoms with Crippen LogP contribution in [0.2, 0.25) is 0 Å². The molecule has 0 unspecified atom stereocenters. The molecule has 3 rings (SSSR count). The molecule has 2 nitrogen and oxygen atoms in total. The summed E-state index contributed by atoms with van der Waals surface area (Å²) in [6.45, 7) is 0. The van der Waals surface area contributed by atoms with Gasteiger partial charge in [-0.1, -0.05) is 101 Å². The van der Waals surface area contributed by atoms with E-state index in [0.29, 0.717) is 5.56 Å². The van der Waals surface area contributed by atoms with Crippen molar-refractivity contribution < 1.29 is 9.53 Å². The highest BCUT2D eigenvalue weighted by Gasteiger charge is 2.15. The van der Waals surface area contributed by atoms with Gasteiger partial charge in [-0.05, 0) is 34.4 Å². The Morgan fingerprint density at radius 3 is 1.63 bits per heavy atom. The van der Waals surface area contributed by atoms with Crippen LogP contribution >= 0.6 is 15.9 Å². The average molecular weight is 419 g/mol. The van der Waals surface area contributed by atoms with Crippen molar-refractivity contribution in [1.82, 2.24) is 0 Å². The molecule has 134 valence electrons. The summed E-state index contributed by atoms with van der Waals surface area (Å²) in [5.74, 6) is -0.358. The largest absolute Gasteiger partial charge is 0.465 e. The fraction of sp³-hybridized carbons (Fsp3) is 0.0417. The lowest BCUT2D eigenvalue weighted by Gasteiger charge is -2.10. The zero-order valence-electron chi connectivity index (χ0n) is 14.9. The maximum absolute atomic E-state index is 12.5. The molecule has 0 N–H and O–H groups in total. The maximum Gasteiger partial charge on any atom is 0.339 e. The molecular formula is C24H19BrO2. The second-order valence-electron chi connectivity index (χ2n) is 5.94. The molecule has 0 aliphatic heterocycles. The number of hydrogen-bond acceptors (Lipinski definition) is 2. The molecule has 27 heavy (non-hydrogen) atoms. The quantitative estimate of drug-likeness (QED) is 0.345. The Hall–Kier alpha value is -2.91. The number of methoxy groups -OCH3 is 1. The number of esters is 1. The van der Waals surface area contributed by atoms with Crippen LogP contribution in [0.3, 0.4) is 0 Å². The summed E-state index contributed by atoms with van der Waals surface area (Å²) in [5.41, 5.74) is 4.27. The molecule has 0 aromatic heterocycles. The lowest BCUT2D eigenvalue weighted by Crippen LogP contribution is -2.06.